The number of carbonyl (C=O) groups excluding carboxylic acids is 1. The third-order valence-corrected chi connectivity index (χ3v) is 3.31. The Balaban J connectivity index is 2.82. The molecule has 0 aliphatic carbocycles. The first-order valence-corrected chi connectivity index (χ1v) is 6.28. The van der Waals surface area contributed by atoms with Crippen molar-refractivity contribution < 1.29 is 14.6 Å². The minimum atomic E-state index is -0.0319. The van der Waals surface area contributed by atoms with E-state index in [-0.39, 0.29) is 5.75 Å². The smallest absolute Gasteiger partial charge is 0.166 e. The summed E-state index contributed by atoms with van der Waals surface area (Å²) in [6.45, 7) is 2.11. The number of methoxy groups -OCH3 is 1. The minimum absolute atomic E-state index is 0.0319. The normalized spacial score (nSPS) is 10.3. The van der Waals surface area contributed by atoms with Crippen molar-refractivity contribution in [3.05, 3.63) is 47.0 Å². The number of aromatic hydroxyl groups is 1. The van der Waals surface area contributed by atoms with Crippen molar-refractivity contribution in [3.63, 3.8) is 0 Å². The molecule has 0 saturated heterocycles. The van der Waals surface area contributed by atoms with Crippen LogP contribution in [0.1, 0.15) is 21.5 Å². The van der Waals surface area contributed by atoms with Gasteiger partial charge in [-0.05, 0) is 29.7 Å². The van der Waals surface area contributed by atoms with E-state index in [1.807, 2.05) is 24.3 Å². The first-order chi connectivity index (χ1) is 9.63. The van der Waals surface area contributed by atoms with Crippen LogP contribution >= 0.6 is 0 Å². The molecule has 4 heteroatoms. The topological polar surface area (TPSA) is 72.5 Å². The highest BCUT2D eigenvalue weighted by molar-refractivity contribution is 5.93. The molecule has 0 unspecified atom stereocenters. The maximum Gasteiger partial charge on any atom is 0.166 e. The molecule has 0 bridgehead atoms. The summed E-state index contributed by atoms with van der Waals surface area (Å²) in [6, 6.07) is 9.12. The molecule has 2 rings (SSSR count). The molecule has 0 fully saturated rings. The molecule has 0 heterocycles. The second kappa shape index (κ2) is 5.75. The number of phenols is 1. The number of benzene rings is 2. The summed E-state index contributed by atoms with van der Waals surface area (Å²) in [5, 5.41) is 10.4. The molecular formula is C16H17NO3. The lowest BCUT2D eigenvalue weighted by Crippen LogP contribution is -2.01. The SMILES string of the molecule is COc1c(C)cc(C=O)c(-c2ccccc2CN)c1O. The van der Waals surface area contributed by atoms with E-state index in [9.17, 15) is 9.90 Å². The second-order valence-electron chi connectivity index (χ2n) is 4.52. The average Bonchev–Trinajstić information content (AvgIpc) is 2.47. The number of rotatable bonds is 4. The van der Waals surface area contributed by atoms with Gasteiger partial charge < -0.3 is 15.6 Å². The Bertz CT molecular complexity index is 650. The van der Waals surface area contributed by atoms with Crippen LogP contribution in [0.3, 0.4) is 0 Å². The Morgan fingerprint density at radius 2 is 2.05 bits per heavy atom. The number of nitrogens with two attached hydrogens (primary N) is 1. The van der Waals surface area contributed by atoms with Crippen molar-refractivity contribution in [2.24, 2.45) is 5.73 Å². The summed E-state index contributed by atoms with van der Waals surface area (Å²) >= 11 is 0. The predicted molar refractivity (Wildman–Crippen MR) is 78.1 cm³/mol. The Hall–Kier alpha value is -2.33. The van der Waals surface area contributed by atoms with Gasteiger partial charge in [0.2, 0.25) is 0 Å². The van der Waals surface area contributed by atoms with Crippen LogP contribution in [-0.4, -0.2) is 18.5 Å². The van der Waals surface area contributed by atoms with E-state index in [4.69, 9.17) is 10.5 Å². The summed E-state index contributed by atoms with van der Waals surface area (Å²) in [7, 11) is 1.49. The first-order valence-electron chi connectivity index (χ1n) is 6.28. The molecule has 0 aromatic heterocycles. The van der Waals surface area contributed by atoms with Gasteiger partial charge in [-0.3, -0.25) is 4.79 Å². The molecule has 0 aliphatic rings. The number of carbonyl (C=O) groups is 1. The molecule has 4 nitrogen and oxygen atoms in total. The highest BCUT2D eigenvalue weighted by Gasteiger charge is 2.19. The summed E-state index contributed by atoms with van der Waals surface area (Å²) in [6.07, 6.45) is 0.731. The van der Waals surface area contributed by atoms with Gasteiger partial charge in [-0.1, -0.05) is 24.3 Å². The van der Waals surface area contributed by atoms with Gasteiger partial charge >= 0.3 is 0 Å². The van der Waals surface area contributed by atoms with Crippen molar-refractivity contribution in [2.75, 3.05) is 7.11 Å². The number of hydrogen-bond donors (Lipinski definition) is 2. The van der Waals surface area contributed by atoms with Crippen LogP contribution in [0.25, 0.3) is 11.1 Å². The van der Waals surface area contributed by atoms with Crippen molar-refractivity contribution in [1.82, 2.24) is 0 Å². The minimum Gasteiger partial charge on any atom is -0.504 e. The number of aryl methyl sites for hydroxylation is 1. The van der Waals surface area contributed by atoms with Gasteiger partial charge in [0.15, 0.2) is 17.8 Å². The second-order valence-corrected chi connectivity index (χ2v) is 4.52. The van der Waals surface area contributed by atoms with Crippen LogP contribution in [0.5, 0.6) is 11.5 Å². The van der Waals surface area contributed by atoms with Crippen molar-refractivity contribution in [3.8, 4) is 22.6 Å². The zero-order valence-corrected chi connectivity index (χ0v) is 11.5. The molecule has 0 atom stereocenters. The van der Waals surface area contributed by atoms with Crippen LogP contribution < -0.4 is 10.5 Å². The van der Waals surface area contributed by atoms with Gasteiger partial charge in [0.1, 0.15) is 0 Å². The summed E-state index contributed by atoms with van der Waals surface area (Å²) < 4.78 is 5.21. The van der Waals surface area contributed by atoms with Crippen LogP contribution in [-0.2, 0) is 6.54 Å². The molecule has 3 N–H and O–H groups in total. The largest absolute Gasteiger partial charge is 0.504 e. The molecular weight excluding hydrogens is 254 g/mol. The maximum atomic E-state index is 11.3. The van der Waals surface area contributed by atoms with Gasteiger partial charge in [0, 0.05) is 17.7 Å². The van der Waals surface area contributed by atoms with Crippen LogP contribution in [0.15, 0.2) is 30.3 Å². The first kappa shape index (κ1) is 14.1. The molecule has 0 spiro atoms. The van der Waals surface area contributed by atoms with Gasteiger partial charge in [0.05, 0.1) is 7.11 Å². The number of aldehydes is 1. The Labute approximate surface area is 117 Å². The van der Waals surface area contributed by atoms with E-state index in [1.165, 1.54) is 7.11 Å². The maximum absolute atomic E-state index is 11.3. The van der Waals surface area contributed by atoms with Crippen LogP contribution in [0.2, 0.25) is 0 Å². The average molecular weight is 271 g/mol. The Morgan fingerprint density at radius 1 is 1.35 bits per heavy atom. The summed E-state index contributed by atoms with van der Waals surface area (Å²) in [5.74, 6) is 0.341. The molecule has 2 aromatic carbocycles. The predicted octanol–water partition coefficient (Wildman–Crippen LogP) is 2.65. The molecule has 0 radical (unpaired) electrons. The van der Waals surface area contributed by atoms with E-state index >= 15 is 0 Å². The molecule has 104 valence electrons. The monoisotopic (exact) mass is 271 g/mol. The van der Waals surface area contributed by atoms with Gasteiger partial charge in [-0.15, -0.1) is 0 Å². The fourth-order valence-corrected chi connectivity index (χ4v) is 2.38. The number of ether oxygens (including phenoxy) is 1. The van der Waals surface area contributed by atoms with Crippen molar-refractivity contribution >= 4 is 6.29 Å². The molecule has 0 amide bonds. The van der Waals surface area contributed by atoms with E-state index in [1.54, 1.807) is 13.0 Å². The zero-order valence-electron chi connectivity index (χ0n) is 11.5. The highest BCUT2D eigenvalue weighted by Crippen LogP contribution is 2.42. The van der Waals surface area contributed by atoms with E-state index < -0.39 is 0 Å². The van der Waals surface area contributed by atoms with Gasteiger partial charge in [0.25, 0.3) is 0 Å². The quantitative estimate of drug-likeness (QED) is 0.838. The molecule has 2 aromatic rings. The van der Waals surface area contributed by atoms with Crippen LogP contribution in [0.4, 0.5) is 0 Å². The Kier molecular flexibility index (Phi) is 4.05. The van der Waals surface area contributed by atoms with E-state index in [0.717, 1.165) is 17.4 Å². The Morgan fingerprint density at radius 3 is 2.65 bits per heavy atom. The van der Waals surface area contributed by atoms with Crippen molar-refractivity contribution in [2.45, 2.75) is 13.5 Å². The number of phenolic OH excluding ortho intramolecular Hbond substituents is 1. The molecule has 0 aliphatic heterocycles. The molecule has 0 saturated carbocycles. The fourth-order valence-electron chi connectivity index (χ4n) is 2.38. The fraction of sp³-hybridized carbons (Fsp3) is 0.188. The van der Waals surface area contributed by atoms with E-state index in [2.05, 4.69) is 0 Å². The van der Waals surface area contributed by atoms with Crippen molar-refractivity contribution in [1.29, 1.82) is 0 Å². The van der Waals surface area contributed by atoms with Gasteiger partial charge in [-0.25, -0.2) is 0 Å². The molecule has 20 heavy (non-hydrogen) atoms. The van der Waals surface area contributed by atoms with Gasteiger partial charge in [-0.2, -0.15) is 0 Å². The number of hydrogen-bond acceptors (Lipinski definition) is 4. The lowest BCUT2D eigenvalue weighted by atomic mass is 9.93. The lowest BCUT2D eigenvalue weighted by molar-refractivity contribution is 0.112. The van der Waals surface area contributed by atoms with Crippen LogP contribution in [0, 0.1) is 6.92 Å². The third kappa shape index (κ3) is 2.26. The standard InChI is InChI=1S/C16H17NO3/c1-10-7-12(9-18)14(15(19)16(10)20-2)13-6-4-3-5-11(13)8-17/h3-7,9,19H,8,17H2,1-2H3. The zero-order chi connectivity index (χ0) is 14.7. The lowest BCUT2D eigenvalue weighted by Gasteiger charge is -2.16. The van der Waals surface area contributed by atoms with E-state index in [0.29, 0.717) is 29.0 Å². The summed E-state index contributed by atoms with van der Waals surface area (Å²) in [5.41, 5.74) is 8.92. The highest BCUT2D eigenvalue weighted by atomic mass is 16.5. The summed E-state index contributed by atoms with van der Waals surface area (Å²) in [4.78, 5) is 11.3. The third-order valence-electron chi connectivity index (χ3n) is 3.31.